The Morgan fingerprint density at radius 2 is 2.10 bits per heavy atom. The Morgan fingerprint density at radius 1 is 1.55 bits per heavy atom. The maximum absolute atomic E-state index is 11.6. The van der Waals surface area contributed by atoms with Crippen LogP contribution in [0.15, 0.2) is 11.1 Å². The average molecular weight is 325 g/mol. The molecule has 20 heavy (non-hydrogen) atoms. The van der Waals surface area contributed by atoms with Gasteiger partial charge in [-0.15, -0.1) is 0 Å². The number of amides is 1. The minimum absolute atomic E-state index is 0.357. The van der Waals surface area contributed by atoms with Crippen molar-refractivity contribution >= 4 is 31.5 Å². The molecule has 1 N–H and O–H groups in total. The fraction of sp³-hybridized carbons (Fsp3) is 0.556. The van der Waals surface area contributed by atoms with E-state index in [1.807, 2.05) is 0 Å². The zero-order chi connectivity index (χ0) is 15.7. The van der Waals surface area contributed by atoms with Gasteiger partial charge in [0.1, 0.15) is 6.54 Å². The molecule has 11 heteroatoms. The monoisotopic (exact) mass is 324 g/mol. The summed E-state index contributed by atoms with van der Waals surface area (Å²) in [4.78, 5) is 20.6. The summed E-state index contributed by atoms with van der Waals surface area (Å²) in [5, 5.41) is 16.8. The van der Waals surface area contributed by atoms with Crippen molar-refractivity contribution in [2.45, 2.75) is 37.8 Å². The smallest absolute Gasteiger partial charge is 0.358 e. The lowest BCUT2D eigenvalue weighted by molar-refractivity contribution is -0.392. The molecule has 0 saturated carbocycles. The fourth-order valence-electron chi connectivity index (χ4n) is 1.38. The molecule has 0 aliphatic carbocycles. The van der Waals surface area contributed by atoms with Crippen molar-refractivity contribution in [1.29, 1.82) is 0 Å². The zero-order valence-electron chi connectivity index (χ0n) is 11.0. The van der Waals surface area contributed by atoms with Crippen LogP contribution in [-0.4, -0.2) is 34.6 Å². The summed E-state index contributed by atoms with van der Waals surface area (Å²) in [7, 11) is 0.765. The lowest BCUT2D eigenvalue weighted by Crippen LogP contribution is -2.42. The molecule has 0 aliphatic heterocycles. The molecule has 0 atom stereocenters. The van der Waals surface area contributed by atoms with E-state index < -0.39 is 36.1 Å². The first-order valence-electron chi connectivity index (χ1n) is 5.37. The molecule has 0 aromatic carbocycles. The molecule has 1 aromatic rings. The number of nitro groups is 1. The molecule has 0 fully saturated rings. The number of carbonyl (C=O) groups excluding carboxylic acids is 1. The molecule has 0 radical (unpaired) electrons. The van der Waals surface area contributed by atoms with Crippen molar-refractivity contribution in [2.24, 2.45) is 0 Å². The minimum atomic E-state index is -4.31. The number of hydrogen-bond acceptors (Lipinski definition) is 6. The molecular weight excluding hydrogens is 312 g/mol. The van der Waals surface area contributed by atoms with E-state index in [4.69, 9.17) is 10.7 Å². The third-order valence-electron chi connectivity index (χ3n) is 1.97. The summed E-state index contributed by atoms with van der Waals surface area (Å²) in [5.41, 5.74) is -0.489. The van der Waals surface area contributed by atoms with Crippen LogP contribution in [0.5, 0.6) is 0 Å². The first kappa shape index (κ1) is 16.4. The van der Waals surface area contributed by atoms with Gasteiger partial charge >= 0.3 is 5.82 Å². The van der Waals surface area contributed by atoms with Crippen molar-refractivity contribution in [1.82, 2.24) is 15.1 Å². The van der Waals surface area contributed by atoms with E-state index in [9.17, 15) is 23.3 Å². The molecule has 1 aromatic heterocycles. The van der Waals surface area contributed by atoms with E-state index >= 15 is 0 Å². The Kier molecular flexibility index (Phi) is 4.39. The molecule has 0 aliphatic rings. The highest BCUT2D eigenvalue weighted by atomic mass is 35.7. The van der Waals surface area contributed by atoms with Crippen LogP contribution in [0.1, 0.15) is 20.8 Å². The molecule has 1 rings (SSSR count). The Morgan fingerprint density at radius 3 is 2.45 bits per heavy atom. The number of aromatic nitrogens is 2. The van der Waals surface area contributed by atoms with Crippen LogP contribution in [0, 0.1) is 10.1 Å². The number of nitrogens with zero attached hydrogens (tertiary/aromatic N) is 3. The standard InChI is InChI=1S/C9H13ClN4O5S/c1-9(2,3)11-7(15)5-13-4-6(20(10,18)19)8(12-13)14(16)17/h4H,5H2,1-3H3,(H,11,15). The third-order valence-corrected chi connectivity index (χ3v) is 3.28. The molecule has 0 unspecified atom stereocenters. The number of hydrogen-bond donors (Lipinski definition) is 1. The van der Waals surface area contributed by atoms with Crippen LogP contribution in [0.3, 0.4) is 0 Å². The van der Waals surface area contributed by atoms with Gasteiger partial charge in [0.15, 0.2) is 0 Å². The molecule has 0 saturated heterocycles. The topological polar surface area (TPSA) is 124 Å². The van der Waals surface area contributed by atoms with Crippen molar-refractivity contribution < 1.29 is 18.1 Å². The number of nitrogens with one attached hydrogen (secondary N) is 1. The second kappa shape index (κ2) is 5.37. The van der Waals surface area contributed by atoms with Gasteiger partial charge in [0.25, 0.3) is 9.05 Å². The second-order valence-electron chi connectivity index (χ2n) is 5.01. The third kappa shape index (κ3) is 4.46. The highest BCUT2D eigenvalue weighted by molar-refractivity contribution is 8.13. The summed E-state index contributed by atoms with van der Waals surface area (Å²) in [6.07, 6.45) is 0.850. The number of carbonyl (C=O) groups is 1. The van der Waals surface area contributed by atoms with Crippen molar-refractivity contribution in [2.75, 3.05) is 0 Å². The van der Waals surface area contributed by atoms with Gasteiger partial charge in [-0.25, -0.2) is 8.42 Å². The van der Waals surface area contributed by atoms with Crippen LogP contribution in [-0.2, 0) is 20.4 Å². The van der Waals surface area contributed by atoms with Gasteiger partial charge in [0.2, 0.25) is 10.8 Å². The lowest BCUT2D eigenvalue weighted by Gasteiger charge is -2.19. The Hall–Kier alpha value is -1.68. The van der Waals surface area contributed by atoms with Gasteiger partial charge in [-0.05, 0) is 25.7 Å². The Balaban J connectivity index is 3.05. The van der Waals surface area contributed by atoms with Crippen LogP contribution in [0.2, 0.25) is 0 Å². The van der Waals surface area contributed by atoms with E-state index in [0.29, 0.717) is 0 Å². The Bertz CT molecular complexity index is 646. The fourth-order valence-corrected chi connectivity index (χ4v) is 2.28. The normalized spacial score (nSPS) is 12.2. The van der Waals surface area contributed by atoms with Crippen LogP contribution < -0.4 is 5.32 Å². The van der Waals surface area contributed by atoms with Crippen LogP contribution in [0.25, 0.3) is 0 Å². The highest BCUT2D eigenvalue weighted by Crippen LogP contribution is 2.24. The molecule has 112 valence electrons. The molecule has 9 nitrogen and oxygen atoms in total. The van der Waals surface area contributed by atoms with Gasteiger partial charge < -0.3 is 15.4 Å². The molecule has 1 heterocycles. The summed E-state index contributed by atoms with van der Waals surface area (Å²) in [5.74, 6) is -1.38. The van der Waals surface area contributed by atoms with Crippen LogP contribution >= 0.6 is 10.7 Å². The van der Waals surface area contributed by atoms with Crippen molar-refractivity contribution in [3.8, 4) is 0 Å². The van der Waals surface area contributed by atoms with Gasteiger partial charge in [0.05, 0.1) is 11.3 Å². The van der Waals surface area contributed by atoms with E-state index in [1.54, 1.807) is 20.8 Å². The summed E-state index contributed by atoms with van der Waals surface area (Å²) in [6.45, 7) is 4.91. The SMILES string of the molecule is CC(C)(C)NC(=O)Cn1cc(S(=O)(=O)Cl)c([N+](=O)[O-])n1. The second-order valence-corrected chi connectivity index (χ2v) is 7.54. The van der Waals surface area contributed by atoms with Crippen LogP contribution in [0.4, 0.5) is 5.82 Å². The van der Waals surface area contributed by atoms with Gasteiger partial charge in [-0.3, -0.25) is 4.79 Å². The minimum Gasteiger partial charge on any atom is -0.358 e. The zero-order valence-corrected chi connectivity index (χ0v) is 12.5. The number of halogens is 1. The predicted molar refractivity (Wildman–Crippen MR) is 69.8 cm³/mol. The molecule has 0 bridgehead atoms. The Labute approximate surface area is 119 Å². The average Bonchev–Trinajstić information content (AvgIpc) is 2.57. The molecule has 1 amide bonds. The van der Waals surface area contributed by atoms with E-state index in [-0.39, 0.29) is 6.54 Å². The van der Waals surface area contributed by atoms with E-state index in [0.717, 1.165) is 10.9 Å². The summed E-state index contributed by atoms with van der Waals surface area (Å²) >= 11 is 0. The molecular formula is C9H13ClN4O5S. The highest BCUT2D eigenvalue weighted by Gasteiger charge is 2.30. The number of rotatable bonds is 4. The lowest BCUT2D eigenvalue weighted by atomic mass is 10.1. The first-order chi connectivity index (χ1) is 8.90. The van der Waals surface area contributed by atoms with Gasteiger partial charge in [-0.2, -0.15) is 4.68 Å². The predicted octanol–water partition coefficient (Wildman–Crippen LogP) is 0.634. The maximum atomic E-state index is 11.6. The molecule has 0 spiro atoms. The van der Waals surface area contributed by atoms with Gasteiger partial charge in [-0.1, -0.05) is 0 Å². The van der Waals surface area contributed by atoms with Crippen molar-refractivity contribution in [3.63, 3.8) is 0 Å². The largest absolute Gasteiger partial charge is 0.410 e. The van der Waals surface area contributed by atoms with E-state index in [2.05, 4.69) is 10.4 Å². The summed E-state index contributed by atoms with van der Waals surface area (Å²) < 4.78 is 23.2. The quantitative estimate of drug-likeness (QED) is 0.492. The first-order valence-corrected chi connectivity index (χ1v) is 7.68. The van der Waals surface area contributed by atoms with E-state index in [1.165, 1.54) is 0 Å². The maximum Gasteiger partial charge on any atom is 0.410 e. The summed E-state index contributed by atoms with van der Waals surface area (Å²) in [6, 6.07) is 0. The van der Waals surface area contributed by atoms with Gasteiger partial charge in [0, 0.05) is 16.2 Å². The van der Waals surface area contributed by atoms with Crippen molar-refractivity contribution in [3.05, 3.63) is 16.3 Å².